The van der Waals surface area contributed by atoms with E-state index in [2.05, 4.69) is 11.6 Å². The fourth-order valence-corrected chi connectivity index (χ4v) is 2.81. The number of hydrogen-bond acceptors (Lipinski definition) is 4. The molecule has 1 N–H and O–H groups in total. The van der Waals surface area contributed by atoms with Crippen LogP contribution in [0.5, 0.6) is 0 Å². The van der Waals surface area contributed by atoms with Crippen molar-refractivity contribution < 1.29 is 14.3 Å². The topological polar surface area (TPSA) is 53.4 Å². The van der Waals surface area contributed by atoms with Crippen molar-refractivity contribution in [3.8, 4) is 11.3 Å². The summed E-state index contributed by atoms with van der Waals surface area (Å²) in [5, 5.41) is 11.7. The van der Waals surface area contributed by atoms with E-state index >= 15 is 0 Å². The molecule has 6 heteroatoms. The van der Waals surface area contributed by atoms with Crippen molar-refractivity contribution in [3.05, 3.63) is 48.1 Å². The summed E-state index contributed by atoms with van der Waals surface area (Å²) in [6.07, 6.45) is 1.72. The van der Waals surface area contributed by atoms with Gasteiger partial charge in [0.25, 0.3) is 0 Å². The average molecular weight is 320 g/mol. The number of benzene rings is 1. The molecule has 0 aliphatic carbocycles. The predicted octanol–water partition coefficient (Wildman–Crippen LogP) is 3.66. The van der Waals surface area contributed by atoms with Gasteiger partial charge in [0.1, 0.15) is 5.82 Å². The molecule has 1 unspecified atom stereocenters. The van der Waals surface area contributed by atoms with E-state index in [1.54, 1.807) is 25.1 Å². The largest absolute Gasteiger partial charge is 0.481 e. The van der Waals surface area contributed by atoms with E-state index in [9.17, 15) is 9.18 Å². The lowest BCUT2D eigenvalue weighted by Gasteiger charge is -2.22. The van der Waals surface area contributed by atoms with Crippen molar-refractivity contribution in [1.29, 1.82) is 0 Å². The normalized spacial score (nSPS) is 11.9. The van der Waals surface area contributed by atoms with Crippen LogP contribution >= 0.6 is 11.3 Å². The Kier molecular flexibility index (Phi) is 5.27. The lowest BCUT2D eigenvalue weighted by Crippen LogP contribution is -2.31. The Morgan fingerprint density at radius 2 is 2.18 bits per heavy atom. The van der Waals surface area contributed by atoms with Gasteiger partial charge in [-0.3, -0.25) is 4.79 Å². The summed E-state index contributed by atoms with van der Waals surface area (Å²) in [4.78, 5) is 17.4. The number of nitrogens with zero attached hydrogens (tertiary/aromatic N) is 2. The molecule has 116 valence electrons. The van der Waals surface area contributed by atoms with Gasteiger partial charge < -0.3 is 10.0 Å². The first-order chi connectivity index (χ1) is 10.5. The third-order valence-electron chi connectivity index (χ3n) is 3.17. The zero-order valence-corrected chi connectivity index (χ0v) is 13.0. The monoisotopic (exact) mass is 320 g/mol. The zero-order valence-electron chi connectivity index (χ0n) is 12.2. The molecule has 0 aliphatic heterocycles. The van der Waals surface area contributed by atoms with Crippen LogP contribution in [0, 0.1) is 11.7 Å². The minimum absolute atomic E-state index is 0.289. The summed E-state index contributed by atoms with van der Waals surface area (Å²) in [6, 6.07) is 6.13. The van der Waals surface area contributed by atoms with Gasteiger partial charge in [-0.05, 0) is 24.3 Å². The summed E-state index contributed by atoms with van der Waals surface area (Å²) in [7, 11) is 0. The molecule has 1 aromatic heterocycles. The summed E-state index contributed by atoms with van der Waals surface area (Å²) in [6.45, 7) is 6.24. The van der Waals surface area contributed by atoms with Crippen molar-refractivity contribution in [2.24, 2.45) is 5.92 Å². The maximum absolute atomic E-state index is 13.0. The SMILES string of the molecule is C=CCN(CC(C)C(=O)O)c1nc(-c2ccc(F)cc2)cs1. The maximum atomic E-state index is 13.0. The van der Waals surface area contributed by atoms with Crippen LogP contribution in [0.3, 0.4) is 0 Å². The highest BCUT2D eigenvalue weighted by molar-refractivity contribution is 7.14. The molecule has 0 fully saturated rings. The molecule has 2 aromatic rings. The van der Waals surface area contributed by atoms with Crippen LogP contribution in [0.25, 0.3) is 11.3 Å². The fraction of sp³-hybridized carbons (Fsp3) is 0.250. The smallest absolute Gasteiger partial charge is 0.308 e. The fourth-order valence-electron chi connectivity index (χ4n) is 1.96. The molecule has 1 aromatic carbocycles. The van der Waals surface area contributed by atoms with Gasteiger partial charge in [0.15, 0.2) is 5.13 Å². The highest BCUT2D eigenvalue weighted by Gasteiger charge is 2.18. The van der Waals surface area contributed by atoms with Crippen LogP contribution in [-0.4, -0.2) is 29.1 Å². The first-order valence-corrected chi connectivity index (χ1v) is 7.69. The number of rotatable bonds is 7. The highest BCUT2D eigenvalue weighted by atomic mass is 32.1. The number of halogens is 1. The van der Waals surface area contributed by atoms with Gasteiger partial charge in [-0.1, -0.05) is 13.0 Å². The molecular weight excluding hydrogens is 303 g/mol. The molecule has 1 heterocycles. The van der Waals surface area contributed by atoms with Crippen molar-refractivity contribution in [1.82, 2.24) is 4.98 Å². The summed E-state index contributed by atoms with van der Waals surface area (Å²) in [5.74, 6) is -1.63. The van der Waals surface area contributed by atoms with Gasteiger partial charge in [0, 0.05) is 24.0 Å². The second kappa shape index (κ2) is 7.17. The van der Waals surface area contributed by atoms with Crippen molar-refractivity contribution in [2.45, 2.75) is 6.92 Å². The van der Waals surface area contributed by atoms with Gasteiger partial charge in [-0.2, -0.15) is 0 Å². The molecule has 0 saturated carbocycles. The number of aromatic nitrogens is 1. The first-order valence-electron chi connectivity index (χ1n) is 6.81. The second-order valence-electron chi connectivity index (χ2n) is 4.96. The molecule has 0 bridgehead atoms. The third kappa shape index (κ3) is 3.92. The van der Waals surface area contributed by atoms with Crippen molar-refractivity contribution >= 4 is 22.4 Å². The molecule has 22 heavy (non-hydrogen) atoms. The Morgan fingerprint density at radius 3 is 2.77 bits per heavy atom. The minimum Gasteiger partial charge on any atom is -0.481 e. The van der Waals surface area contributed by atoms with E-state index in [0.717, 1.165) is 16.4 Å². The number of carboxylic acids is 1. The van der Waals surface area contributed by atoms with E-state index in [-0.39, 0.29) is 5.82 Å². The number of anilines is 1. The molecular formula is C16H17FN2O2S. The van der Waals surface area contributed by atoms with Crippen LogP contribution in [0.15, 0.2) is 42.3 Å². The predicted molar refractivity (Wildman–Crippen MR) is 86.7 cm³/mol. The molecule has 0 aliphatic rings. The van der Waals surface area contributed by atoms with Gasteiger partial charge in [-0.25, -0.2) is 9.37 Å². The van der Waals surface area contributed by atoms with Gasteiger partial charge in [0.2, 0.25) is 0 Å². The summed E-state index contributed by atoms with van der Waals surface area (Å²) >= 11 is 1.43. The molecule has 0 radical (unpaired) electrons. The van der Waals surface area contributed by atoms with Crippen LogP contribution in [0.4, 0.5) is 9.52 Å². The molecule has 4 nitrogen and oxygen atoms in total. The molecule has 1 atom stereocenters. The zero-order chi connectivity index (χ0) is 16.1. The third-order valence-corrected chi connectivity index (χ3v) is 4.07. The minimum atomic E-state index is -0.843. The molecule has 0 spiro atoms. The van der Waals surface area contributed by atoms with E-state index < -0.39 is 11.9 Å². The van der Waals surface area contributed by atoms with Crippen LogP contribution in [0.2, 0.25) is 0 Å². The van der Waals surface area contributed by atoms with Crippen molar-refractivity contribution in [2.75, 3.05) is 18.0 Å². The summed E-state index contributed by atoms with van der Waals surface area (Å²) in [5.41, 5.74) is 1.57. The van der Waals surface area contributed by atoms with E-state index in [1.807, 2.05) is 10.3 Å². The summed E-state index contributed by atoms with van der Waals surface area (Å²) < 4.78 is 13.0. The standard InChI is InChI=1S/C16H17FN2O2S/c1-3-8-19(9-11(2)15(20)21)16-18-14(10-22-16)12-4-6-13(17)7-5-12/h3-7,10-11H,1,8-9H2,2H3,(H,20,21). The Balaban J connectivity index is 2.20. The number of thiazole rings is 1. The van der Waals surface area contributed by atoms with Crippen molar-refractivity contribution in [3.63, 3.8) is 0 Å². The lowest BCUT2D eigenvalue weighted by atomic mass is 10.2. The van der Waals surface area contributed by atoms with Gasteiger partial charge in [-0.15, -0.1) is 17.9 Å². The van der Waals surface area contributed by atoms with Crippen LogP contribution < -0.4 is 4.90 Å². The van der Waals surface area contributed by atoms with E-state index in [0.29, 0.717) is 13.1 Å². The second-order valence-corrected chi connectivity index (χ2v) is 5.79. The molecule has 2 rings (SSSR count). The Labute approximate surface area is 132 Å². The molecule has 0 saturated heterocycles. The highest BCUT2D eigenvalue weighted by Crippen LogP contribution is 2.28. The van der Waals surface area contributed by atoms with Gasteiger partial charge in [0.05, 0.1) is 11.6 Å². The number of aliphatic carboxylic acids is 1. The molecule has 0 amide bonds. The van der Waals surface area contributed by atoms with Crippen LogP contribution in [-0.2, 0) is 4.79 Å². The Bertz CT molecular complexity index is 654. The van der Waals surface area contributed by atoms with E-state index in [1.165, 1.54) is 23.5 Å². The quantitative estimate of drug-likeness (QED) is 0.791. The number of carbonyl (C=O) groups is 1. The maximum Gasteiger partial charge on any atom is 0.308 e. The van der Waals surface area contributed by atoms with E-state index in [4.69, 9.17) is 5.11 Å². The van der Waals surface area contributed by atoms with Gasteiger partial charge >= 0.3 is 5.97 Å². The first kappa shape index (κ1) is 16.2. The Hall–Kier alpha value is -2.21. The number of hydrogen-bond donors (Lipinski definition) is 1. The number of carboxylic acid groups (broad SMARTS) is 1. The lowest BCUT2D eigenvalue weighted by molar-refractivity contribution is -0.140. The van der Waals surface area contributed by atoms with Crippen LogP contribution in [0.1, 0.15) is 6.92 Å². The Morgan fingerprint density at radius 1 is 1.50 bits per heavy atom. The average Bonchev–Trinajstić information content (AvgIpc) is 2.97.